The summed E-state index contributed by atoms with van der Waals surface area (Å²) in [4.78, 5) is 13.9. The van der Waals surface area contributed by atoms with Crippen LogP contribution >= 0.6 is 0 Å². The molecule has 0 aliphatic carbocycles. The van der Waals surface area contributed by atoms with E-state index in [9.17, 15) is 22.4 Å². The zero-order chi connectivity index (χ0) is 16.2. The van der Waals surface area contributed by atoms with Gasteiger partial charge in [0.25, 0.3) is 0 Å². The first kappa shape index (κ1) is 16.7. The van der Waals surface area contributed by atoms with E-state index in [1.54, 1.807) is 0 Å². The molecule has 1 aromatic carbocycles. The summed E-state index contributed by atoms with van der Waals surface area (Å²) in [7, 11) is 0. The number of ether oxygens (including phenoxy) is 1. The highest BCUT2D eigenvalue weighted by Gasteiger charge is 2.32. The molecular formula is C15H17F4NO2. The average molecular weight is 319 g/mol. The molecule has 1 aliphatic rings. The van der Waals surface area contributed by atoms with Gasteiger partial charge in [0.2, 0.25) is 0 Å². The Kier molecular flexibility index (Phi) is 5.39. The van der Waals surface area contributed by atoms with Crippen molar-refractivity contribution < 1.29 is 27.1 Å². The Labute approximate surface area is 125 Å². The first-order chi connectivity index (χ1) is 10.4. The molecule has 0 unspecified atom stereocenters. The maximum Gasteiger partial charge on any atom is 0.416 e. The van der Waals surface area contributed by atoms with Crippen LogP contribution in [0.4, 0.5) is 17.6 Å². The number of hydrogen-bond donors (Lipinski definition) is 0. The van der Waals surface area contributed by atoms with E-state index < -0.39 is 29.1 Å². The van der Waals surface area contributed by atoms with Gasteiger partial charge in [-0.1, -0.05) is 6.42 Å². The largest absolute Gasteiger partial charge is 0.461 e. The second-order valence-corrected chi connectivity index (χ2v) is 5.26. The molecule has 0 saturated carbocycles. The number of nitrogens with zero attached hydrogens (tertiary/aromatic N) is 1. The van der Waals surface area contributed by atoms with Crippen LogP contribution in [-0.2, 0) is 10.9 Å². The lowest BCUT2D eigenvalue weighted by atomic mass is 10.1. The van der Waals surface area contributed by atoms with E-state index in [-0.39, 0.29) is 6.61 Å². The van der Waals surface area contributed by atoms with Gasteiger partial charge >= 0.3 is 12.1 Å². The van der Waals surface area contributed by atoms with Crippen molar-refractivity contribution in [1.82, 2.24) is 4.90 Å². The SMILES string of the molecule is O=C(OCCN1CCCCC1)c1cc(F)cc(C(F)(F)F)c1. The van der Waals surface area contributed by atoms with Crippen LogP contribution in [0.1, 0.15) is 35.2 Å². The van der Waals surface area contributed by atoms with Crippen LogP contribution in [0, 0.1) is 5.82 Å². The fraction of sp³-hybridized carbons (Fsp3) is 0.533. The predicted octanol–water partition coefficient (Wildman–Crippen LogP) is 3.49. The number of rotatable bonds is 4. The van der Waals surface area contributed by atoms with Gasteiger partial charge in [-0.2, -0.15) is 13.2 Å². The quantitative estimate of drug-likeness (QED) is 0.628. The zero-order valence-corrected chi connectivity index (χ0v) is 12.0. The molecule has 22 heavy (non-hydrogen) atoms. The van der Waals surface area contributed by atoms with Crippen LogP contribution in [0.5, 0.6) is 0 Å². The summed E-state index contributed by atoms with van der Waals surface area (Å²) < 4.78 is 55.9. The van der Waals surface area contributed by atoms with Crippen LogP contribution in [-0.4, -0.2) is 37.1 Å². The lowest BCUT2D eigenvalue weighted by Gasteiger charge is -2.25. The number of alkyl halides is 3. The lowest BCUT2D eigenvalue weighted by Crippen LogP contribution is -2.33. The van der Waals surface area contributed by atoms with Crippen molar-refractivity contribution in [3.05, 3.63) is 35.1 Å². The van der Waals surface area contributed by atoms with E-state index in [4.69, 9.17) is 4.74 Å². The summed E-state index contributed by atoms with van der Waals surface area (Å²) in [6, 6.07) is 1.70. The van der Waals surface area contributed by atoms with Crippen molar-refractivity contribution in [2.24, 2.45) is 0 Å². The first-order valence-electron chi connectivity index (χ1n) is 7.13. The minimum atomic E-state index is -4.70. The van der Waals surface area contributed by atoms with Crippen molar-refractivity contribution >= 4 is 5.97 Å². The molecular weight excluding hydrogens is 302 g/mol. The second kappa shape index (κ2) is 7.09. The Bertz CT molecular complexity index is 525. The van der Waals surface area contributed by atoms with Crippen LogP contribution in [0.3, 0.4) is 0 Å². The molecule has 7 heteroatoms. The van der Waals surface area contributed by atoms with E-state index in [0.717, 1.165) is 32.0 Å². The van der Waals surface area contributed by atoms with Crippen LogP contribution in [0.15, 0.2) is 18.2 Å². The molecule has 3 nitrogen and oxygen atoms in total. The van der Waals surface area contributed by atoms with Gasteiger partial charge < -0.3 is 4.74 Å². The molecule has 0 spiro atoms. The maximum absolute atomic E-state index is 13.2. The Morgan fingerprint density at radius 1 is 1.14 bits per heavy atom. The third-order valence-corrected chi connectivity index (χ3v) is 3.55. The third kappa shape index (κ3) is 4.69. The molecule has 2 rings (SSSR count). The highest BCUT2D eigenvalue weighted by atomic mass is 19.4. The molecule has 122 valence electrons. The molecule has 1 saturated heterocycles. The van der Waals surface area contributed by atoms with E-state index in [1.807, 2.05) is 0 Å². The highest BCUT2D eigenvalue weighted by Crippen LogP contribution is 2.30. The monoisotopic (exact) mass is 319 g/mol. The van der Waals surface area contributed by atoms with Gasteiger partial charge in [0.05, 0.1) is 11.1 Å². The van der Waals surface area contributed by atoms with E-state index in [1.165, 1.54) is 6.42 Å². The van der Waals surface area contributed by atoms with Crippen LogP contribution in [0.2, 0.25) is 0 Å². The van der Waals surface area contributed by atoms with Crippen molar-refractivity contribution in [1.29, 1.82) is 0 Å². The molecule has 1 fully saturated rings. The number of hydrogen-bond acceptors (Lipinski definition) is 3. The molecule has 0 N–H and O–H groups in total. The molecule has 1 aromatic rings. The van der Waals surface area contributed by atoms with Gasteiger partial charge in [0.15, 0.2) is 0 Å². The van der Waals surface area contributed by atoms with Crippen molar-refractivity contribution in [3.8, 4) is 0 Å². The van der Waals surface area contributed by atoms with Gasteiger partial charge in [-0.15, -0.1) is 0 Å². The van der Waals surface area contributed by atoms with E-state index in [2.05, 4.69) is 4.90 Å². The standard InChI is InChI=1S/C15H17F4NO2/c16-13-9-11(8-12(10-13)15(17,18)19)14(21)22-7-6-20-4-2-1-3-5-20/h8-10H,1-7H2. The molecule has 0 bridgehead atoms. The summed E-state index contributed by atoms with van der Waals surface area (Å²) in [5.41, 5.74) is -1.62. The molecule has 1 aliphatic heterocycles. The molecule has 0 amide bonds. The summed E-state index contributed by atoms with van der Waals surface area (Å²) in [6.45, 7) is 2.47. The molecule has 1 heterocycles. The fourth-order valence-corrected chi connectivity index (χ4v) is 2.40. The zero-order valence-electron chi connectivity index (χ0n) is 12.0. The number of carbonyl (C=O) groups excluding carboxylic acids is 1. The Morgan fingerprint density at radius 2 is 1.82 bits per heavy atom. The summed E-state index contributed by atoms with van der Waals surface area (Å²) >= 11 is 0. The number of likely N-dealkylation sites (tertiary alicyclic amines) is 1. The van der Waals surface area contributed by atoms with Crippen molar-refractivity contribution in [2.75, 3.05) is 26.2 Å². The van der Waals surface area contributed by atoms with Gasteiger partial charge in [-0.25, -0.2) is 9.18 Å². The summed E-state index contributed by atoms with van der Waals surface area (Å²) in [6.07, 6.45) is -1.34. The van der Waals surface area contributed by atoms with E-state index in [0.29, 0.717) is 18.7 Å². The Morgan fingerprint density at radius 3 is 2.45 bits per heavy atom. The smallest absolute Gasteiger partial charge is 0.416 e. The van der Waals surface area contributed by atoms with Gasteiger partial charge in [-0.05, 0) is 44.1 Å². The van der Waals surface area contributed by atoms with Gasteiger partial charge in [0, 0.05) is 6.54 Å². The van der Waals surface area contributed by atoms with Gasteiger partial charge in [0.1, 0.15) is 12.4 Å². The third-order valence-electron chi connectivity index (χ3n) is 3.55. The number of benzene rings is 1. The molecule has 0 aromatic heterocycles. The average Bonchev–Trinajstić information content (AvgIpc) is 2.46. The predicted molar refractivity (Wildman–Crippen MR) is 72.0 cm³/mol. The van der Waals surface area contributed by atoms with Crippen LogP contribution < -0.4 is 0 Å². The number of halogens is 4. The van der Waals surface area contributed by atoms with Crippen molar-refractivity contribution in [2.45, 2.75) is 25.4 Å². The highest BCUT2D eigenvalue weighted by molar-refractivity contribution is 5.89. The maximum atomic E-state index is 13.2. The summed E-state index contributed by atoms with van der Waals surface area (Å²) in [5.74, 6) is -2.06. The minimum absolute atomic E-state index is 0.0801. The normalized spacial score (nSPS) is 16.5. The second-order valence-electron chi connectivity index (χ2n) is 5.26. The first-order valence-corrected chi connectivity index (χ1v) is 7.13. The van der Waals surface area contributed by atoms with Gasteiger partial charge in [-0.3, -0.25) is 4.90 Å². The topological polar surface area (TPSA) is 29.5 Å². The number of carbonyl (C=O) groups is 1. The number of esters is 1. The Hall–Kier alpha value is -1.63. The fourth-order valence-electron chi connectivity index (χ4n) is 2.40. The van der Waals surface area contributed by atoms with Crippen molar-refractivity contribution in [3.63, 3.8) is 0 Å². The Balaban J connectivity index is 1.93. The van der Waals surface area contributed by atoms with Crippen LogP contribution in [0.25, 0.3) is 0 Å². The lowest BCUT2D eigenvalue weighted by molar-refractivity contribution is -0.137. The molecule has 0 atom stereocenters. The minimum Gasteiger partial charge on any atom is -0.461 e. The number of piperidine rings is 1. The molecule has 0 radical (unpaired) electrons. The summed E-state index contributed by atoms with van der Waals surface area (Å²) in [5, 5.41) is 0. The van der Waals surface area contributed by atoms with E-state index >= 15 is 0 Å².